The van der Waals surface area contributed by atoms with Gasteiger partial charge in [-0.2, -0.15) is 0 Å². The number of fused-ring (bicyclic) bond motifs is 1. The number of nitrogens with one attached hydrogen (secondary N) is 1. The summed E-state index contributed by atoms with van der Waals surface area (Å²) in [6, 6.07) is 5.76. The van der Waals surface area contributed by atoms with Gasteiger partial charge in [0.05, 0.1) is 12.3 Å². The Morgan fingerprint density at radius 1 is 1.44 bits per heavy atom. The SMILES string of the molecule is Cl.OCCNCc1c(Cl)nc2ccccn12. The lowest BCUT2D eigenvalue weighted by molar-refractivity contribution is 0.291. The fraction of sp³-hybridized carbons (Fsp3) is 0.300. The highest BCUT2D eigenvalue weighted by atomic mass is 35.5. The summed E-state index contributed by atoms with van der Waals surface area (Å²) in [5.41, 5.74) is 1.75. The summed E-state index contributed by atoms with van der Waals surface area (Å²) in [5.74, 6) is 0. The average molecular weight is 262 g/mol. The van der Waals surface area contributed by atoms with Gasteiger partial charge in [-0.05, 0) is 12.1 Å². The van der Waals surface area contributed by atoms with Crippen molar-refractivity contribution in [1.82, 2.24) is 14.7 Å². The highest BCUT2D eigenvalue weighted by Crippen LogP contribution is 2.16. The number of nitrogens with zero attached hydrogens (tertiary/aromatic N) is 2. The number of pyridine rings is 1. The van der Waals surface area contributed by atoms with Crippen LogP contribution in [0.25, 0.3) is 5.65 Å². The molecule has 2 aromatic heterocycles. The highest BCUT2D eigenvalue weighted by molar-refractivity contribution is 6.30. The van der Waals surface area contributed by atoms with Gasteiger partial charge in [0.1, 0.15) is 5.65 Å². The van der Waals surface area contributed by atoms with E-state index in [0.29, 0.717) is 18.2 Å². The summed E-state index contributed by atoms with van der Waals surface area (Å²) in [6.45, 7) is 1.27. The molecule has 0 radical (unpaired) electrons. The number of aliphatic hydroxyl groups is 1. The lowest BCUT2D eigenvalue weighted by Crippen LogP contribution is -2.18. The molecule has 0 unspecified atom stereocenters. The molecule has 0 bridgehead atoms. The van der Waals surface area contributed by atoms with Crippen LogP contribution in [-0.4, -0.2) is 27.6 Å². The summed E-state index contributed by atoms with van der Waals surface area (Å²) in [6.07, 6.45) is 1.92. The van der Waals surface area contributed by atoms with Crippen LogP contribution in [0, 0.1) is 0 Å². The third-order valence-electron chi connectivity index (χ3n) is 2.16. The summed E-state index contributed by atoms with van der Waals surface area (Å²) in [7, 11) is 0. The number of hydrogen-bond acceptors (Lipinski definition) is 3. The highest BCUT2D eigenvalue weighted by Gasteiger charge is 2.08. The smallest absolute Gasteiger partial charge is 0.152 e. The number of hydrogen-bond donors (Lipinski definition) is 2. The molecule has 0 saturated carbocycles. The Hall–Kier alpha value is -0.810. The molecule has 4 nitrogen and oxygen atoms in total. The van der Waals surface area contributed by atoms with E-state index >= 15 is 0 Å². The molecule has 0 fully saturated rings. The van der Waals surface area contributed by atoms with E-state index in [1.165, 1.54) is 0 Å². The van der Waals surface area contributed by atoms with Crippen molar-refractivity contribution < 1.29 is 5.11 Å². The number of aromatic nitrogens is 2. The molecule has 0 atom stereocenters. The molecule has 2 heterocycles. The number of imidazole rings is 1. The van der Waals surface area contributed by atoms with E-state index < -0.39 is 0 Å². The van der Waals surface area contributed by atoms with Crippen molar-refractivity contribution in [3.63, 3.8) is 0 Å². The maximum absolute atomic E-state index is 8.66. The first-order chi connectivity index (χ1) is 7.33. The minimum absolute atomic E-state index is 0. The zero-order valence-electron chi connectivity index (χ0n) is 8.56. The Morgan fingerprint density at radius 3 is 3.00 bits per heavy atom. The molecule has 0 aliphatic rings. The van der Waals surface area contributed by atoms with E-state index in [1.807, 2.05) is 28.8 Å². The molecule has 0 aliphatic carbocycles. The van der Waals surface area contributed by atoms with Gasteiger partial charge in [-0.1, -0.05) is 17.7 Å². The summed E-state index contributed by atoms with van der Waals surface area (Å²) in [4.78, 5) is 4.22. The minimum atomic E-state index is 0. The van der Waals surface area contributed by atoms with Gasteiger partial charge in [-0.3, -0.25) is 0 Å². The zero-order chi connectivity index (χ0) is 10.7. The van der Waals surface area contributed by atoms with Crippen LogP contribution >= 0.6 is 24.0 Å². The Morgan fingerprint density at radius 2 is 2.25 bits per heavy atom. The number of halogens is 2. The second kappa shape index (κ2) is 6.06. The van der Waals surface area contributed by atoms with Crippen molar-refractivity contribution in [3.05, 3.63) is 35.2 Å². The second-order valence-corrected chi connectivity index (χ2v) is 3.54. The van der Waals surface area contributed by atoms with E-state index in [0.717, 1.165) is 11.3 Å². The third-order valence-corrected chi connectivity index (χ3v) is 2.46. The monoisotopic (exact) mass is 261 g/mol. The number of rotatable bonds is 4. The molecule has 0 aliphatic heterocycles. The van der Waals surface area contributed by atoms with Crippen LogP contribution in [0.5, 0.6) is 0 Å². The van der Waals surface area contributed by atoms with Crippen molar-refractivity contribution in [2.45, 2.75) is 6.54 Å². The first kappa shape index (κ1) is 13.3. The van der Waals surface area contributed by atoms with Crippen LogP contribution in [0.15, 0.2) is 24.4 Å². The summed E-state index contributed by atoms with van der Waals surface area (Å²) < 4.78 is 1.94. The predicted molar refractivity (Wildman–Crippen MR) is 66.2 cm³/mol. The predicted octanol–water partition coefficient (Wildman–Crippen LogP) is 1.49. The van der Waals surface area contributed by atoms with Crippen molar-refractivity contribution in [2.24, 2.45) is 0 Å². The lowest BCUT2D eigenvalue weighted by Gasteiger charge is -2.03. The standard InChI is InChI=1S/C10H12ClN3O.ClH/c11-10-8(7-12-4-6-15)14-5-2-1-3-9(14)13-10;/h1-3,5,12,15H,4,6-7H2;1H. The first-order valence-electron chi connectivity index (χ1n) is 4.76. The van der Waals surface area contributed by atoms with Gasteiger partial charge in [0, 0.05) is 19.3 Å². The van der Waals surface area contributed by atoms with Crippen molar-refractivity contribution in [3.8, 4) is 0 Å². The fourth-order valence-corrected chi connectivity index (χ4v) is 1.71. The molecular weight excluding hydrogens is 249 g/mol. The third kappa shape index (κ3) is 2.65. The Bertz CT molecular complexity index is 458. The van der Waals surface area contributed by atoms with Crippen LogP contribution in [0.4, 0.5) is 0 Å². The van der Waals surface area contributed by atoms with Gasteiger partial charge in [-0.25, -0.2) is 4.98 Å². The zero-order valence-corrected chi connectivity index (χ0v) is 10.1. The van der Waals surface area contributed by atoms with Crippen molar-refractivity contribution >= 4 is 29.7 Å². The van der Waals surface area contributed by atoms with Gasteiger partial charge in [0.25, 0.3) is 0 Å². The Kier molecular flexibility index (Phi) is 5.02. The molecule has 88 valence electrons. The normalized spacial score (nSPS) is 10.4. The Balaban J connectivity index is 0.00000128. The van der Waals surface area contributed by atoms with Crippen LogP contribution in [0.3, 0.4) is 0 Å². The maximum atomic E-state index is 8.66. The van der Waals surface area contributed by atoms with Crippen LogP contribution in [0.2, 0.25) is 5.15 Å². The van der Waals surface area contributed by atoms with Crippen molar-refractivity contribution in [1.29, 1.82) is 0 Å². The lowest BCUT2D eigenvalue weighted by atomic mass is 10.4. The van der Waals surface area contributed by atoms with E-state index in [2.05, 4.69) is 10.3 Å². The average Bonchev–Trinajstić information content (AvgIpc) is 2.56. The first-order valence-corrected chi connectivity index (χ1v) is 5.14. The van der Waals surface area contributed by atoms with E-state index in [1.54, 1.807) is 0 Å². The molecule has 0 spiro atoms. The Labute approximate surface area is 105 Å². The van der Waals surface area contributed by atoms with E-state index in [4.69, 9.17) is 16.7 Å². The molecule has 2 rings (SSSR count). The van der Waals surface area contributed by atoms with E-state index in [9.17, 15) is 0 Å². The van der Waals surface area contributed by atoms with Crippen LogP contribution < -0.4 is 5.32 Å². The molecule has 16 heavy (non-hydrogen) atoms. The van der Waals surface area contributed by atoms with Crippen LogP contribution in [-0.2, 0) is 6.54 Å². The fourth-order valence-electron chi connectivity index (χ4n) is 1.46. The second-order valence-electron chi connectivity index (χ2n) is 3.18. The maximum Gasteiger partial charge on any atom is 0.152 e. The van der Waals surface area contributed by atoms with Gasteiger partial charge in [0.2, 0.25) is 0 Å². The topological polar surface area (TPSA) is 49.6 Å². The van der Waals surface area contributed by atoms with Gasteiger partial charge in [-0.15, -0.1) is 12.4 Å². The quantitative estimate of drug-likeness (QED) is 0.821. The van der Waals surface area contributed by atoms with Gasteiger partial charge in [0.15, 0.2) is 5.15 Å². The number of aliphatic hydroxyl groups excluding tert-OH is 1. The van der Waals surface area contributed by atoms with E-state index in [-0.39, 0.29) is 19.0 Å². The summed E-state index contributed by atoms with van der Waals surface area (Å²) in [5, 5.41) is 12.2. The molecule has 0 aromatic carbocycles. The molecule has 6 heteroatoms. The van der Waals surface area contributed by atoms with Crippen molar-refractivity contribution in [2.75, 3.05) is 13.2 Å². The van der Waals surface area contributed by atoms with Gasteiger partial charge >= 0.3 is 0 Å². The van der Waals surface area contributed by atoms with Crippen LogP contribution in [0.1, 0.15) is 5.69 Å². The molecule has 0 amide bonds. The molecular formula is C10H13Cl2N3O. The minimum Gasteiger partial charge on any atom is -0.395 e. The summed E-state index contributed by atoms with van der Waals surface area (Å²) >= 11 is 6.01. The molecule has 2 N–H and O–H groups in total. The molecule has 0 saturated heterocycles. The van der Waals surface area contributed by atoms with Gasteiger partial charge < -0.3 is 14.8 Å². The largest absolute Gasteiger partial charge is 0.395 e. The molecule has 2 aromatic rings.